The molecule has 140 valence electrons. The molecule has 8 nitrogen and oxygen atoms in total. The minimum atomic E-state index is -0.290. The van der Waals surface area contributed by atoms with Gasteiger partial charge >= 0.3 is 0 Å². The number of benzene rings is 1. The standard InChI is InChI=1S/C19H22N6O2/c1-13-11-17(25(2)3)23-19(22-13)21-10-9-20-18(26)15-12-16(27-24-15)14-7-5-4-6-8-14/h4-8,11-12H,9-10H2,1-3H3,(H,20,26)(H,21,22,23). The lowest BCUT2D eigenvalue weighted by molar-refractivity contribution is 0.0946. The van der Waals surface area contributed by atoms with Crippen molar-refractivity contribution in [1.82, 2.24) is 20.4 Å². The molecule has 0 spiro atoms. The molecule has 3 aromatic rings. The summed E-state index contributed by atoms with van der Waals surface area (Å²) in [7, 11) is 3.85. The first-order valence-electron chi connectivity index (χ1n) is 8.60. The number of aromatic nitrogens is 3. The van der Waals surface area contributed by atoms with E-state index in [0.29, 0.717) is 24.8 Å². The minimum absolute atomic E-state index is 0.246. The lowest BCUT2D eigenvalue weighted by Crippen LogP contribution is -2.29. The van der Waals surface area contributed by atoms with Crippen molar-refractivity contribution in [3.8, 4) is 11.3 Å². The first-order chi connectivity index (χ1) is 13.0. The van der Waals surface area contributed by atoms with Crippen molar-refractivity contribution in [2.45, 2.75) is 6.92 Å². The quantitative estimate of drug-likeness (QED) is 0.620. The Labute approximate surface area is 157 Å². The summed E-state index contributed by atoms with van der Waals surface area (Å²) in [6, 6.07) is 13.1. The van der Waals surface area contributed by atoms with Crippen molar-refractivity contribution in [2.75, 3.05) is 37.4 Å². The molecule has 27 heavy (non-hydrogen) atoms. The van der Waals surface area contributed by atoms with Crippen LogP contribution in [0.1, 0.15) is 16.2 Å². The second-order valence-electron chi connectivity index (χ2n) is 6.21. The Hall–Kier alpha value is -3.42. The molecule has 0 bridgehead atoms. The van der Waals surface area contributed by atoms with Gasteiger partial charge in [0.1, 0.15) is 5.82 Å². The summed E-state index contributed by atoms with van der Waals surface area (Å²) in [4.78, 5) is 22.9. The van der Waals surface area contributed by atoms with Gasteiger partial charge in [-0.2, -0.15) is 4.98 Å². The molecule has 2 aromatic heterocycles. The molecule has 0 aliphatic heterocycles. The first kappa shape index (κ1) is 18.4. The van der Waals surface area contributed by atoms with E-state index in [0.717, 1.165) is 17.1 Å². The fourth-order valence-corrected chi connectivity index (χ4v) is 2.42. The van der Waals surface area contributed by atoms with Gasteiger partial charge in [-0.25, -0.2) is 4.98 Å². The van der Waals surface area contributed by atoms with E-state index in [9.17, 15) is 4.79 Å². The van der Waals surface area contributed by atoms with E-state index in [1.165, 1.54) is 0 Å². The average molecular weight is 366 g/mol. The van der Waals surface area contributed by atoms with Gasteiger partial charge in [0.05, 0.1) is 0 Å². The highest BCUT2D eigenvalue weighted by molar-refractivity contribution is 5.93. The number of anilines is 2. The maximum Gasteiger partial charge on any atom is 0.273 e. The topological polar surface area (TPSA) is 96.2 Å². The molecule has 3 rings (SSSR count). The predicted molar refractivity (Wildman–Crippen MR) is 104 cm³/mol. The van der Waals surface area contributed by atoms with Gasteiger partial charge in [-0.15, -0.1) is 0 Å². The van der Waals surface area contributed by atoms with Gasteiger partial charge in [0, 0.05) is 50.6 Å². The molecule has 0 aliphatic rings. The summed E-state index contributed by atoms with van der Waals surface area (Å²) in [5.41, 5.74) is 1.99. The Bertz CT molecular complexity index is 908. The molecule has 0 saturated heterocycles. The monoisotopic (exact) mass is 366 g/mol. The van der Waals surface area contributed by atoms with Gasteiger partial charge in [-0.3, -0.25) is 4.79 Å². The van der Waals surface area contributed by atoms with Crippen LogP contribution in [0.3, 0.4) is 0 Å². The van der Waals surface area contributed by atoms with Crippen LogP contribution >= 0.6 is 0 Å². The van der Waals surface area contributed by atoms with E-state index in [2.05, 4.69) is 25.8 Å². The van der Waals surface area contributed by atoms with E-state index in [1.807, 2.05) is 62.3 Å². The van der Waals surface area contributed by atoms with E-state index < -0.39 is 0 Å². The highest BCUT2D eigenvalue weighted by atomic mass is 16.5. The van der Waals surface area contributed by atoms with E-state index in [1.54, 1.807) is 6.07 Å². The normalized spacial score (nSPS) is 10.5. The molecule has 2 N–H and O–H groups in total. The lowest BCUT2D eigenvalue weighted by Gasteiger charge is -2.13. The van der Waals surface area contributed by atoms with Crippen molar-refractivity contribution in [3.63, 3.8) is 0 Å². The molecule has 1 aromatic carbocycles. The fraction of sp³-hybridized carbons (Fsp3) is 0.263. The van der Waals surface area contributed by atoms with Crippen LogP contribution in [0.25, 0.3) is 11.3 Å². The van der Waals surface area contributed by atoms with Crippen molar-refractivity contribution in [1.29, 1.82) is 0 Å². The average Bonchev–Trinajstić information content (AvgIpc) is 3.15. The molecular formula is C19H22N6O2. The van der Waals surface area contributed by atoms with E-state index in [-0.39, 0.29) is 11.6 Å². The molecule has 0 radical (unpaired) electrons. The Kier molecular flexibility index (Phi) is 5.65. The first-order valence-corrected chi connectivity index (χ1v) is 8.60. The number of hydrogen-bond donors (Lipinski definition) is 2. The van der Waals surface area contributed by atoms with Crippen LogP contribution in [0.5, 0.6) is 0 Å². The van der Waals surface area contributed by atoms with Crippen LogP contribution in [0.4, 0.5) is 11.8 Å². The second kappa shape index (κ2) is 8.31. The summed E-state index contributed by atoms with van der Waals surface area (Å²) >= 11 is 0. The van der Waals surface area contributed by atoms with Gasteiger partial charge in [-0.1, -0.05) is 35.5 Å². The van der Waals surface area contributed by atoms with Crippen molar-refractivity contribution in [3.05, 3.63) is 53.9 Å². The van der Waals surface area contributed by atoms with Gasteiger partial charge in [0.2, 0.25) is 5.95 Å². The number of carbonyl (C=O) groups is 1. The van der Waals surface area contributed by atoms with Gasteiger partial charge in [-0.05, 0) is 6.92 Å². The second-order valence-corrected chi connectivity index (χ2v) is 6.21. The molecular weight excluding hydrogens is 344 g/mol. The molecule has 1 amide bonds. The number of rotatable bonds is 7. The van der Waals surface area contributed by atoms with E-state index >= 15 is 0 Å². The van der Waals surface area contributed by atoms with Gasteiger partial charge in [0.25, 0.3) is 5.91 Å². The highest BCUT2D eigenvalue weighted by Crippen LogP contribution is 2.19. The molecule has 0 unspecified atom stereocenters. The molecule has 8 heteroatoms. The zero-order chi connectivity index (χ0) is 19.2. The smallest absolute Gasteiger partial charge is 0.273 e. The number of hydrogen-bond acceptors (Lipinski definition) is 7. The SMILES string of the molecule is Cc1cc(N(C)C)nc(NCCNC(=O)c2cc(-c3ccccc3)on2)n1. The summed E-state index contributed by atoms with van der Waals surface area (Å²) in [6.07, 6.45) is 0. The Morgan fingerprint density at radius 1 is 1.11 bits per heavy atom. The van der Waals surface area contributed by atoms with E-state index in [4.69, 9.17) is 4.52 Å². The molecule has 0 saturated carbocycles. The third-order valence-electron chi connectivity index (χ3n) is 3.79. The number of nitrogens with one attached hydrogen (secondary N) is 2. The predicted octanol–water partition coefficient (Wildman–Crippen LogP) is 2.35. The largest absolute Gasteiger partial charge is 0.363 e. The van der Waals surface area contributed by atoms with Crippen LogP contribution in [0, 0.1) is 6.92 Å². The minimum Gasteiger partial charge on any atom is -0.363 e. The summed E-state index contributed by atoms with van der Waals surface area (Å²) in [6.45, 7) is 2.81. The van der Waals surface area contributed by atoms with Crippen LogP contribution in [0.15, 0.2) is 47.0 Å². The molecule has 0 atom stereocenters. The van der Waals surface area contributed by atoms with Crippen LogP contribution in [-0.4, -0.2) is 48.2 Å². The Morgan fingerprint density at radius 2 is 1.89 bits per heavy atom. The number of carbonyl (C=O) groups excluding carboxylic acids is 1. The Morgan fingerprint density at radius 3 is 2.63 bits per heavy atom. The maximum atomic E-state index is 12.2. The molecule has 2 heterocycles. The van der Waals surface area contributed by atoms with Crippen LogP contribution < -0.4 is 15.5 Å². The highest BCUT2D eigenvalue weighted by Gasteiger charge is 2.13. The Balaban J connectivity index is 1.51. The summed E-state index contributed by atoms with van der Waals surface area (Å²) in [5, 5.41) is 9.74. The molecule has 0 fully saturated rings. The van der Waals surface area contributed by atoms with Crippen LogP contribution in [0.2, 0.25) is 0 Å². The van der Waals surface area contributed by atoms with Gasteiger partial charge < -0.3 is 20.1 Å². The lowest BCUT2D eigenvalue weighted by atomic mass is 10.1. The molecule has 0 aliphatic carbocycles. The zero-order valence-corrected chi connectivity index (χ0v) is 15.6. The van der Waals surface area contributed by atoms with Crippen molar-refractivity contribution in [2.24, 2.45) is 0 Å². The zero-order valence-electron chi connectivity index (χ0n) is 15.6. The van der Waals surface area contributed by atoms with Crippen molar-refractivity contribution < 1.29 is 9.32 Å². The summed E-state index contributed by atoms with van der Waals surface area (Å²) < 4.78 is 5.25. The number of aryl methyl sites for hydroxylation is 1. The number of nitrogens with zero attached hydrogens (tertiary/aromatic N) is 4. The third kappa shape index (κ3) is 4.81. The van der Waals surface area contributed by atoms with Crippen molar-refractivity contribution >= 4 is 17.7 Å². The summed E-state index contributed by atoms with van der Waals surface area (Å²) in [5.74, 6) is 1.62. The fourth-order valence-electron chi connectivity index (χ4n) is 2.42. The maximum absolute atomic E-state index is 12.2. The third-order valence-corrected chi connectivity index (χ3v) is 3.79. The van der Waals surface area contributed by atoms with Gasteiger partial charge in [0.15, 0.2) is 11.5 Å². The van der Waals surface area contributed by atoms with Crippen LogP contribution in [-0.2, 0) is 0 Å². The number of amides is 1.